The van der Waals surface area contributed by atoms with Crippen molar-refractivity contribution in [3.05, 3.63) is 24.3 Å². The van der Waals surface area contributed by atoms with Gasteiger partial charge in [-0.3, -0.25) is 4.79 Å². The van der Waals surface area contributed by atoms with Crippen LogP contribution in [0.15, 0.2) is 29.2 Å². The summed E-state index contributed by atoms with van der Waals surface area (Å²) in [6.07, 6.45) is 2.32. The molecule has 1 saturated heterocycles. The van der Waals surface area contributed by atoms with Gasteiger partial charge in [0.25, 0.3) is 0 Å². The van der Waals surface area contributed by atoms with Gasteiger partial charge in [0.15, 0.2) is 14.6 Å². The van der Waals surface area contributed by atoms with Crippen LogP contribution in [0.5, 0.6) is 5.75 Å². The van der Waals surface area contributed by atoms with E-state index in [0.717, 1.165) is 19.4 Å². The molecular formula is C17H28N2O6S. The van der Waals surface area contributed by atoms with Crippen molar-refractivity contribution in [2.75, 3.05) is 26.7 Å². The van der Waals surface area contributed by atoms with Gasteiger partial charge >= 0.3 is 5.97 Å². The Morgan fingerprint density at radius 1 is 1.23 bits per heavy atom. The number of unbranched alkanes of at least 4 members (excludes halogenated alkanes) is 1. The summed E-state index contributed by atoms with van der Waals surface area (Å²) in [4.78, 5) is 14.1. The van der Waals surface area contributed by atoms with Gasteiger partial charge < -0.3 is 20.0 Å². The number of rotatable bonds is 7. The number of carbonyl (C=O) groups is 1. The summed E-state index contributed by atoms with van der Waals surface area (Å²) in [5.41, 5.74) is 0. The second-order valence-corrected chi connectivity index (χ2v) is 8.43. The third-order valence-electron chi connectivity index (χ3n) is 4.77. The van der Waals surface area contributed by atoms with Crippen molar-refractivity contribution in [3.63, 3.8) is 0 Å². The van der Waals surface area contributed by atoms with E-state index in [0.29, 0.717) is 18.8 Å². The number of carboxylic acid groups (broad SMARTS) is 1. The maximum Gasteiger partial charge on any atom is 0.325 e. The molecular weight excluding hydrogens is 360 g/mol. The highest BCUT2D eigenvalue weighted by molar-refractivity contribution is 7.93. The van der Waals surface area contributed by atoms with Crippen LogP contribution < -0.4 is 10.6 Å². The van der Waals surface area contributed by atoms with Crippen molar-refractivity contribution in [3.8, 4) is 5.75 Å². The van der Waals surface area contributed by atoms with Gasteiger partial charge in [-0.05, 0) is 50.1 Å². The number of hydrogen-bond donors (Lipinski definition) is 3. The van der Waals surface area contributed by atoms with Crippen molar-refractivity contribution >= 4 is 15.8 Å². The summed E-state index contributed by atoms with van der Waals surface area (Å²) in [6, 6.07) is 5.92. The third-order valence-corrected chi connectivity index (χ3v) is 7.27. The molecule has 1 fully saturated rings. The summed E-state index contributed by atoms with van der Waals surface area (Å²) in [5, 5.41) is 16.2. The molecule has 8 nitrogen and oxygen atoms in total. The van der Waals surface area contributed by atoms with Crippen molar-refractivity contribution in [1.82, 2.24) is 4.90 Å². The Morgan fingerprint density at radius 2 is 1.77 bits per heavy atom. The van der Waals surface area contributed by atoms with E-state index >= 15 is 0 Å². The summed E-state index contributed by atoms with van der Waals surface area (Å²) in [7, 11) is -2.48. The number of piperidine rings is 1. The van der Waals surface area contributed by atoms with Crippen LogP contribution in [0.1, 0.15) is 32.6 Å². The number of sulfone groups is 1. The van der Waals surface area contributed by atoms with Crippen LogP contribution in [0.3, 0.4) is 0 Å². The number of benzene rings is 1. The highest BCUT2D eigenvalue weighted by Crippen LogP contribution is 2.36. The van der Waals surface area contributed by atoms with Crippen molar-refractivity contribution in [1.29, 1.82) is 0 Å². The molecule has 0 atom stereocenters. The number of methoxy groups -OCH3 is 1. The molecule has 1 heterocycles. The minimum Gasteiger partial charge on any atom is -0.497 e. The normalized spacial score (nSPS) is 17.1. The third kappa shape index (κ3) is 4.53. The van der Waals surface area contributed by atoms with Crippen molar-refractivity contribution in [2.45, 2.75) is 42.2 Å². The van der Waals surface area contributed by atoms with E-state index in [1.807, 2.05) is 0 Å². The minimum absolute atomic E-state index is 0.0349. The zero-order valence-corrected chi connectivity index (χ0v) is 16.0. The number of likely N-dealkylation sites (tertiary alicyclic amines) is 1. The molecule has 0 unspecified atom stereocenters. The molecule has 4 N–H and O–H groups in total. The highest BCUT2D eigenvalue weighted by atomic mass is 32.2. The molecule has 0 aliphatic carbocycles. The molecule has 1 aliphatic rings. The molecule has 1 aromatic carbocycles. The van der Waals surface area contributed by atoms with Crippen LogP contribution in [0.2, 0.25) is 0 Å². The molecule has 1 aromatic rings. The van der Waals surface area contributed by atoms with E-state index in [9.17, 15) is 18.3 Å². The van der Waals surface area contributed by atoms with Crippen LogP contribution in [-0.2, 0) is 14.6 Å². The predicted molar refractivity (Wildman–Crippen MR) is 97.1 cm³/mol. The molecule has 0 saturated carbocycles. The first-order valence-electron chi connectivity index (χ1n) is 8.47. The lowest BCUT2D eigenvalue weighted by Gasteiger charge is -2.38. The fraction of sp³-hybridized carbons (Fsp3) is 0.588. The molecule has 2 rings (SSSR count). The molecule has 0 radical (unpaired) electrons. The SMILES string of the molecule is CCCCN1CCC(C(=O)O)(S(=O)(=O)c2ccc(OC)cc2)CC1.NO. The topological polar surface area (TPSA) is 130 Å². The van der Waals surface area contributed by atoms with Gasteiger partial charge in [-0.25, -0.2) is 14.3 Å². The number of aliphatic carboxylic acids is 1. The number of hydrogen-bond acceptors (Lipinski definition) is 7. The van der Waals surface area contributed by atoms with Crippen molar-refractivity contribution in [2.24, 2.45) is 5.90 Å². The summed E-state index contributed by atoms with van der Waals surface area (Å²) in [5.74, 6) is 2.78. The average molecular weight is 388 g/mol. The molecule has 0 spiro atoms. The maximum atomic E-state index is 13.0. The quantitative estimate of drug-likeness (QED) is 0.599. The molecule has 0 amide bonds. The summed E-state index contributed by atoms with van der Waals surface area (Å²) < 4.78 is 29.3. The number of ether oxygens (including phenoxy) is 1. The highest BCUT2D eigenvalue weighted by Gasteiger charge is 2.53. The van der Waals surface area contributed by atoms with E-state index < -0.39 is 20.6 Å². The number of nitrogens with zero attached hydrogens (tertiary/aromatic N) is 1. The standard InChI is InChI=1S/C17H25NO5S.H3NO/c1-3-4-11-18-12-9-17(10-13-18,16(19)20)24(21,22)15-7-5-14(23-2)6-8-15;1-2/h5-8H,3-4,9-13H2,1-2H3,(H,19,20);2H,1H2. The second-order valence-electron chi connectivity index (χ2n) is 6.17. The fourth-order valence-electron chi connectivity index (χ4n) is 3.10. The molecule has 0 aromatic heterocycles. The molecule has 148 valence electrons. The van der Waals surface area contributed by atoms with Crippen LogP contribution in [0.4, 0.5) is 0 Å². The van der Waals surface area contributed by atoms with Crippen molar-refractivity contribution < 1.29 is 28.3 Å². The summed E-state index contributed by atoms with van der Waals surface area (Å²) >= 11 is 0. The van der Waals surface area contributed by atoms with Gasteiger partial charge in [0.05, 0.1) is 12.0 Å². The smallest absolute Gasteiger partial charge is 0.325 e. The zero-order chi connectivity index (χ0) is 19.8. The Bertz CT molecular complexity index is 667. The van der Waals surface area contributed by atoms with Crippen LogP contribution in [0, 0.1) is 0 Å². The van der Waals surface area contributed by atoms with E-state index in [1.54, 1.807) is 12.1 Å². The lowest BCUT2D eigenvalue weighted by molar-refractivity contribution is -0.141. The fourth-order valence-corrected chi connectivity index (χ4v) is 4.99. The van der Waals surface area contributed by atoms with Crippen LogP contribution in [0.25, 0.3) is 0 Å². The number of carboxylic acids is 1. The monoisotopic (exact) mass is 388 g/mol. The number of nitrogens with two attached hydrogens (primary N) is 1. The minimum atomic E-state index is -3.97. The lowest BCUT2D eigenvalue weighted by Crippen LogP contribution is -2.54. The molecule has 26 heavy (non-hydrogen) atoms. The van der Waals surface area contributed by atoms with Gasteiger partial charge in [-0.1, -0.05) is 13.3 Å². The van der Waals surface area contributed by atoms with Gasteiger partial charge in [-0.2, -0.15) is 0 Å². The molecule has 0 bridgehead atoms. The second kappa shape index (κ2) is 9.86. The Kier molecular flexibility index (Phi) is 8.48. The molecule has 1 aliphatic heterocycles. The predicted octanol–water partition coefficient (Wildman–Crippen LogP) is 1.52. The average Bonchev–Trinajstić information content (AvgIpc) is 2.68. The van der Waals surface area contributed by atoms with Gasteiger partial charge in [0.1, 0.15) is 5.75 Å². The first-order valence-corrected chi connectivity index (χ1v) is 9.96. The maximum absolute atomic E-state index is 13.0. The lowest BCUT2D eigenvalue weighted by atomic mass is 9.95. The summed E-state index contributed by atoms with van der Waals surface area (Å²) in [6.45, 7) is 3.96. The van der Waals surface area contributed by atoms with Crippen LogP contribution in [-0.4, -0.2) is 61.1 Å². The first-order chi connectivity index (χ1) is 12.4. The Labute approximate surface area is 154 Å². The van der Waals surface area contributed by atoms with Gasteiger partial charge in [0, 0.05) is 13.1 Å². The Morgan fingerprint density at radius 3 is 2.19 bits per heavy atom. The van der Waals surface area contributed by atoms with Gasteiger partial charge in [-0.15, -0.1) is 0 Å². The Balaban J connectivity index is 0.00000163. The van der Waals surface area contributed by atoms with Crippen LogP contribution >= 0.6 is 0 Å². The largest absolute Gasteiger partial charge is 0.497 e. The van der Waals surface area contributed by atoms with E-state index in [4.69, 9.17) is 9.94 Å². The van der Waals surface area contributed by atoms with E-state index in [2.05, 4.69) is 17.7 Å². The van der Waals surface area contributed by atoms with E-state index in [1.165, 1.54) is 19.2 Å². The van der Waals surface area contributed by atoms with E-state index in [-0.39, 0.29) is 17.7 Å². The zero-order valence-electron chi connectivity index (χ0n) is 15.2. The molecule has 9 heteroatoms. The first kappa shape index (κ1) is 22.4. The Hall–Kier alpha value is -1.68. The van der Waals surface area contributed by atoms with Gasteiger partial charge in [0.2, 0.25) is 0 Å².